The van der Waals surface area contributed by atoms with Gasteiger partial charge in [0, 0.05) is 16.6 Å². The molecule has 0 amide bonds. The molecule has 2 aromatic rings. The normalized spacial score (nSPS) is 18.4. The maximum Gasteiger partial charge on any atom is 0.0873 e. The molecule has 19 heavy (non-hydrogen) atoms. The van der Waals surface area contributed by atoms with E-state index in [4.69, 9.17) is 23.8 Å². The van der Waals surface area contributed by atoms with Gasteiger partial charge in [0.25, 0.3) is 0 Å². The van der Waals surface area contributed by atoms with Crippen molar-refractivity contribution in [1.29, 1.82) is 0 Å². The van der Waals surface area contributed by atoms with E-state index >= 15 is 0 Å². The second kappa shape index (κ2) is 5.32. The zero-order valence-electron chi connectivity index (χ0n) is 10.4. The molecule has 0 saturated carbocycles. The summed E-state index contributed by atoms with van der Waals surface area (Å²) >= 11 is 11.9. The molecule has 0 fully saturated rings. The topological polar surface area (TPSA) is 12.0 Å². The predicted molar refractivity (Wildman–Crippen MR) is 85.2 cm³/mol. The van der Waals surface area contributed by atoms with E-state index in [-0.39, 0.29) is 5.92 Å². The van der Waals surface area contributed by atoms with Crippen LogP contribution in [0.5, 0.6) is 0 Å². The van der Waals surface area contributed by atoms with E-state index in [1.54, 1.807) is 0 Å². The van der Waals surface area contributed by atoms with Crippen LogP contribution in [0.25, 0.3) is 0 Å². The lowest BCUT2D eigenvalue weighted by molar-refractivity contribution is 0.782. The highest BCUT2D eigenvalue weighted by atomic mass is 35.5. The van der Waals surface area contributed by atoms with E-state index in [0.717, 1.165) is 34.1 Å². The van der Waals surface area contributed by atoms with Crippen LogP contribution in [0.4, 0.5) is 5.69 Å². The number of hydrogen-bond acceptors (Lipinski definition) is 1. The number of benzene rings is 2. The van der Waals surface area contributed by atoms with Crippen molar-refractivity contribution >= 4 is 34.5 Å². The van der Waals surface area contributed by atoms with Gasteiger partial charge in [0.2, 0.25) is 0 Å². The minimum Gasteiger partial charge on any atom is -0.349 e. The lowest BCUT2D eigenvalue weighted by Crippen LogP contribution is -2.17. The van der Waals surface area contributed by atoms with Crippen LogP contribution in [-0.2, 0) is 6.42 Å². The maximum absolute atomic E-state index is 6.30. The first-order valence-corrected chi connectivity index (χ1v) is 7.17. The minimum absolute atomic E-state index is 0.191. The lowest BCUT2D eigenvalue weighted by atomic mass is 9.93. The molecule has 0 aromatic heterocycles. The van der Waals surface area contributed by atoms with E-state index in [1.165, 1.54) is 5.56 Å². The standard InChI is InChI=1S/C16H14ClNS/c17-14-7-3-2-6-12(14)13-10-9-11-5-1-4-8-15(11)18-16(13)19/h1-8,13H,9-10H2,(H,18,19). The predicted octanol–water partition coefficient (Wildman–Crippen LogP) is 4.81. The third kappa shape index (κ3) is 2.51. The molecule has 1 heterocycles. The molecular formula is C16H14ClNS. The van der Waals surface area contributed by atoms with E-state index in [1.807, 2.05) is 24.3 Å². The average Bonchev–Trinajstić information content (AvgIpc) is 2.58. The molecule has 1 atom stereocenters. The Morgan fingerprint density at radius 3 is 2.63 bits per heavy atom. The molecule has 0 spiro atoms. The molecule has 1 aliphatic rings. The zero-order chi connectivity index (χ0) is 13.2. The molecule has 3 heteroatoms. The number of fused-ring (bicyclic) bond motifs is 1. The van der Waals surface area contributed by atoms with Gasteiger partial charge in [-0.2, -0.15) is 0 Å². The second-order valence-corrected chi connectivity index (χ2v) is 5.61. The van der Waals surface area contributed by atoms with Gasteiger partial charge in [-0.1, -0.05) is 60.2 Å². The van der Waals surface area contributed by atoms with Crippen molar-refractivity contribution in [1.82, 2.24) is 0 Å². The minimum atomic E-state index is 0.191. The molecule has 0 bridgehead atoms. The van der Waals surface area contributed by atoms with Gasteiger partial charge in [-0.05, 0) is 36.1 Å². The fourth-order valence-corrected chi connectivity index (χ4v) is 3.19. The Balaban J connectivity index is 1.95. The molecule has 1 unspecified atom stereocenters. The summed E-state index contributed by atoms with van der Waals surface area (Å²) in [5.74, 6) is 0.191. The molecule has 2 aromatic carbocycles. The van der Waals surface area contributed by atoms with Crippen LogP contribution in [0.1, 0.15) is 23.5 Å². The van der Waals surface area contributed by atoms with Crippen LogP contribution in [0.3, 0.4) is 0 Å². The Morgan fingerprint density at radius 2 is 1.79 bits per heavy atom. The number of rotatable bonds is 1. The summed E-state index contributed by atoms with van der Waals surface area (Å²) in [5, 5.41) is 4.17. The summed E-state index contributed by atoms with van der Waals surface area (Å²) in [6.07, 6.45) is 2.01. The number of thiocarbonyl (C=S) groups is 1. The molecule has 0 aliphatic carbocycles. The summed E-state index contributed by atoms with van der Waals surface area (Å²) in [4.78, 5) is 0.859. The van der Waals surface area contributed by atoms with Crippen molar-refractivity contribution in [2.24, 2.45) is 0 Å². The Morgan fingerprint density at radius 1 is 1.05 bits per heavy atom. The van der Waals surface area contributed by atoms with E-state index in [0.29, 0.717) is 0 Å². The van der Waals surface area contributed by atoms with Crippen LogP contribution >= 0.6 is 23.8 Å². The van der Waals surface area contributed by atoms with Gasteiger partial charge < -0.3 is 5.32 Å². The number of nitrogens with one attached hydrogen (secondary N) is 1. The SMILES string of the molecule is S=C1Nc2ccccc2CCC1c1ccccc1Cl. The number of aryl methyl sites for hydroxylation is 1. The Kier molecular flexibility index (Phi) is 3.54. The first-order valence-electron chi connectivity index (χ1n) is 6.39. The van der Waals surface area contributed by atoms with Crippen molar-refractivity contribution < 1.29 is 0 Å². The number of anilines is 1. The summed E-state index contributed by atoms with van der Waals surface area (Å²) in [7, 11) is 0. The van der Waals surface area contributed by atoms with Crippen LogP contribution < -0.4 is 5.32 Å². The number of hydrogen-bond donors (Lipinski definition) is 1. The van der Waals surface area contributed by atoms with E-state index in [9.17, 15) is 0 Å². The lowest BCUT2D eigenvalue weighted by Gasteiger charge is -2.17. The first kappa shape index (κ1) is 12.6. The third-order valence-corrected chi connectivity index (χ3v) is 4.31. The summed E-state index contributed by atoms with van der Waals surface area (Å²) in [5.41, 5.74) is 3.57. The van der Waals surface area contributed by atoms with Crippen LogP contribution in [0.2, 0.25) is 5.02 Å². The largest absolute Gasteiger partial charge is 0.349 e. The van der Waals surface area contributed by atoms with Gasteiger partial charge in [-0.15, -0.1) is 0 Å². The molecule has 96 valence electrons. The van der Waals surface area contributed by atoms with Gasteiger partial charge in [0.05, 0.1) is 4.99 Å². The van der Waals surface area contributed by atoms with Crippen molar-refractivity contribution in [2.75, 3.05) is 5.32 Å². The van der Waals surface area contributed by atoms with Crippen LogP contribution in [0.15, 0.2) is 48.5 Å². The highest BCUT2D eigenvalue weighted by molar-refractivity contribution is 7.80. The zero-order valence-corrected chi connectivity index (χ0v) is 12.0. The highest BCUT2D eigenvalue weighted by Crippen LogP contribution is 2.33. The average molecular weight is 288 g/mol. The highest BCUT2D eigenvalue weighted by Gasteiger charge is 2.23. The maximum atomic E-state index is 6.30. The fraction of sp³-hybridized carbons (Fsp3) is 0.188. The monoisotopic (exact) mass is 287 g/mol. The molecular weight excluding hydrogens is 274 g/mol. The van der Waals surface area contributed by atoms with E-state index < -0.39 is 0 Å². The molecule has 0 saturated heterocycles. The molecule has 1 nitrogen and oxygen atoms in total. The quantitative estimate of drug-likeness (QED) is 0.756. The fourth-order valence-electron chi connectivity index (χ4n) is 2.57. The van der Waals surface area contributed by atoms with Crippen LogP contribution in [-0.4, -0.2) is 4.99 Å². The van der Waals surface area contributed by atoms with Gasteiger partial charge in [0.1, 0.15) is 0 Å². The Bertz CT molecular complexity index is 624. The smallest absolute Gasteiger partial charge is 0.0873 e. The summed E-state index contributed by atoms with van der Waals surface area (Å²) in [6, 6.07) is 16.3. The summed E-state index contributed by atoms with van der Waals surface area (Å²) in [6.45, 7) is 0. The van der Waals surface area contributed by atoms with E-state index in [2.05, 4.69) is 29.6 Å². The third-order valence-electron chi connectivity index (χ3n) is 3.57. The van der Waals surface area contributed by atoms with Crippen molar-refractivity contribution in [3.05, 3.63) is 64.7 Å². The Labute approximate surface area is 123 Å². The molecule has 1 aliphatic heterocycles. The Hall–Kier alpha value is -1.38. The van der Waals surface area contributed by atoms with Crippen LogP contribution in [0, 0.1) is 0 Å². The van der Waals surface area contributed by atoms with Gasteiger partial charge >= 0.3 is 0 Å². The van der Waals surface area contributed by atoms with Gasteiger partial charge in [-0.25, -0.2) is 0 Å². The van der Waals surface area contributed by atoms with Crippen molar-refractivity contribution in [3.8, 4) is 0 Å². The van der Waals surface area contributed by atoms with Gasteiger partial charge in [0.15, 0.2) is 0 Å². The van der Waals surface area contributed by atoms with Crippen molar-refractivity contribution in [2.45, 2.75) is 18.8 Å². The molecule has 1 N–H and O–H groups in total. The first-order chi connectivity index (χ1) is 9.25. The van der Waals surface area contributed by atoms with Crippen molar-refractivity contribution in [3.63, 3.8) is 0 Å². The molecule has 3 rings (SSSR count). The van der Waals surface area contributed by atoms with Gasteiger partial charge in [-0.3, -0.25) is 0 Å². The second-order valence-electron chi connectivity index (χ2n) is 4.76. The summed E-state index contributed by atoms with van der Waals surface area (Å²) < 4.78 is 0. The molecule has 0 radical (unpaired) electrons. The number of halogens is 1. The number of para-hydroxylation sites is 1.